The molecule has 2 rings (SSSR count). The fourth-order valence-electron chi connectivity index (χ4n) is 1.40. The summed E-state index contributed by atoms with van der Waals surface area (Å²) in [4.78, 5) is 3.87. The van der Waals surface area contributed by atoms with Gasteiger partial charge in [-0.25, -0.2) is 0 Å². The van der Waals surface area contributed by atoms with Gasteiger partial charge in [-0.1, -0.05) is 30.3 Å². The van der Waals surface area contributed by atoms with Crippen LogP contribution in [-0.4, -0.2) is 22.2 Å². The molecule has 0 fully saturated rings. The molecule has 0 radical (unpaired) electrons. The zero-order chi connectivity index (χ0) is 12.1. The van der Waals surface area contributed by atoms with Crippen molar-refractivity contribution in [1.29, 1.82) is 0 Å². The molecule has 2 N–H and O–H groups in total. The molecule has 0 saturated heterocycles. The molecule has 0 aliphatic heterocycles. The minimum absolute atomic E-state index is 0. The molecular weight excluding hydrogens is 252 g/mol. The first-order valence-electron chi connectivity index (χ1n) is 5.23. The molecule has 6 heteroatoms. The summed E-state index contributed by atoms with van der Waals surface area (Å²) >= 11 is 0. The van der Waals surface area contributed by atoms with E-state index in [1.807, 2.05) is 30.3 Å². The monoisotopic (exact) mass is 265 g/mol. The number of nitrogens with zero attached hydrogens (tertiary/aromatic N) is 1. The van der Waals surface area contributed by atoms with Crippen LogP contribution in [0, 0.1) is 0 Å². The summed E-state index contributed by atoms with van der Waals surface area (Å²) in [6.45, 7) is 0.424. The van der Waals surface area contributed by atoms with E-state index in [-0.39, 0.29) is 12.4 Å². The Morgan fingerprint density at radius 3 is 2.50 bits per heavy atom. The third-order valence-electron chi connectivity index (χ3n) is 2.28. The van der Waals surface area contributed by atoms with Crippen molar-refractivity contribution in [3.63, 3.8) is 0 Å². The molecule has 0 unspecified atom stereocenters. The van der Waals surface area contributed by atoms with Gasteiger partial charge in [0.25, 0.3) is 0 Å². The van der Waals surface area contributed by atoms with E-state index in [0.717, 1.165) is 5.56 Å². The molecule has 1 aromatic heterocycles. The molecule has 0 atom stereocenters. The first-order chi connectivity index (χ1) is 8.25. The van der Waals surface area contributed by atoms with E-state index in [1.165, 1.54) is 12.4 Å². The maximum Gasteiger partial charge on any atom is 0.490 e. The standard InChI is InChI=1S/C12H12BNO3.ClH/c15-13(16)11-6-12(8-14-7-11)17-9-10-4-2-1-3-5-10;/h1-8,15-16H,9H2;1H. The first-order valence-corrected chi connectivity index (χ1v) is 5.23. The average Bonchev–Trinajstić information content (AvgIpc) is 2.38. The van der Waals surface area contributed by atoms with E-state index >= 15 is 0 Å². The molecule has 0 saturated carbocycles. The third kappa shape index (κ3) is 4.03. The smallest absolute Gasteiger partial charge is 0.487 e. The second-order valence-corrected chi connectivity index (χ2v) is 3.60. The summed E-state index contributed by atoms with van der Waals surface area (Å²) in [5.74, 6) is 0.513. The van der Waals surface area contributed by atoms with Gasteiger partial charge in [0.1, 0.15) is 12.4 Å². The molecule has 4 nitrogen and oxygen atoms in total. The van der Waals surface area contributed by atoms with E-state index in [1.54, 1.807) is 6.07 Å². The van der Waals surface area contributed by atoms with Gasteiger partial charge in [0.2, 0.25) is 0 Å². The average molecular weight is 266 g/mol. The molecule has 94 valence electrons. The number of pyridine rings is 1. The molecule has 1 heterocycles. The van der Waals surface area contributed by atoms with Gasteiger partial charge in [-0.15, -0.1) is 12.4 Å². The van der Waals surface area contributed by atoms with Crippen LogP contribution in [-0.2, 0) is 6.61 Å². The predicted octanol–water partition coefficient (Wildman–Crippen LogP) is 0.762. The SMILES string of the molecule is Cl.OB(O)c1cncc(OCc2ccccc2)c1. The van der Waals surface area contributed by atoms with E-state index in [4.69, 9.17) is 14.8 Å². The molecule has 2 aromatic rings. The second kappa shape index (κ2) is 7.01. The summed E-state index contributed by atoms with van der Waals surface area (Å²) in [6.07, 6.45) is 2.93. The van der Waals surface area contributed by atoms with Crippen molar-refractivity contribution < 1.29 is 14.8 Å². The highest BCUT2D eigenvalue weighted by atomic mass is 35.5. The summed E-state index contributed by atoms with van der Waals surface area (Å²) in [7, 11) is -1.53. The van der Waals surface area contributed by atoms with Crippen LogP contribution >= 0.6 is 12.4 Å². The molecule has 0 aliphatic rings. The van der Waals surface area contributed by atoms with E-state index in [0.29, 0.717) is 17.8 Å². The quantitative estimate of drug-likeness (QED) is 0.801. The van der Waals surface area contributed by atoms with Gasteiger partial charge in [-0.3, -0.25) is 4.98 Å². The summed E-state index contributed by atoms with van der Waals surface area (Å²) in [5, 5.41) is 18.0. The van der Waals surface area contributed by atoms with Crippen molar-refractivity contribution in [3.05, 3.63) is 54.4 Å². The zero-order valence-corrected chi connectivity index (χ0v) is 10.4. The Labute approximate surface area is 112 Å². The van der Waals surface area contributed by atoms with E-state index in [9.17, 15) is 0 Å². The molecule has 0 amide bonds. The first kappa shape index (κ1) is 14.5. The Kier molecular flexibility index (Phi) is 5.65. The Balaban J connectivity index is 0.00000162. The molecular formula is C12H13BClNO3. The van der Waals surface area contributed by atoms with Gasteiger partial charge >= 0.3 is 7.12 Å². The van der Waals surface area contributed by atoms with Crippen molar-refractivity contribution >= 4 is 25.0 Å². The summed E-state index contributed by atoms with van der Waals surface area (Å²) < 4.78 is 5.50. The van der Waals surface area contributed by atoms with Crippen LogP contribution < -0.4 is 10.2 Å². The van der Waals surface area contributed by atoms with Crippen LogP contribution in [0.15, 0.2) is 48.8 Å². The van der Waals surface area contributed by atoms with Gasteiger partial charge in [-0.05, 0) is 11.6 Å². The van der Waals surface area contributed by atoms with E-state index in [2.05, 4.69) is 4.98 Å². The number of benzene rings is 1. The van der Waals surface area contributed by atoms with Crippen LogP contribution in [0.1, 0.15) is 5.56 Å². The Morgan fingerprint density at radius 2 is 1.83 bits per heavy atom. The maximum atomic E-state index is 8.99. The number of aromatic nitrogens is 1. The lowest BCUT2D eigenvalue weighted by Crippen LogP contribution is -2.30. The Morgan fingerprint density at radius 1 is 1.11 bits per heavy atom. The largest absolute Gasteiger partial charge is 0.490 e. The minimum atomic E-state index is -1.53. The number of halogens is 1. The van der Waals surface area contributed by atoms with Crippen LogP contribution in [0.4, 0.5) is 0 Å². The molecule has 18 heavy (non-hydrogen) atoms. The van der Waals surface area contributed by atoms with Crippen LogP contribution in [0.5, 0.6) is 5.75 Å². The van der Waals surface area contributed by atoms with Crippen molar-refractivity contribution in [2.75, 3.05) is 0 Å². The zero-order valence-electron chi connectivity index (χ0n) is 9.56. The van der Waals surface area contributed by atoms with E-state index < -0.39 is 7.12 Å². The Hall–Kier alpha value is -1.56. The van der Waals surface area contributed by atoms with Gasteiger partial charge in [-0.2, -0.15) is 0 Å². The lowest BCUT2D eigenvalue weighted by Gasteiger charge is -2.07. The van der Waals surface area contributed by atoms with Gasteiger partial charge in [0.05, 0.1) is 6.20 Å². The highest BCUT2D eigenvalue weighted by molar-refractivity contribution is 6.58. The van der Waals surface area contributed by atoms with Crippen molar-refractivity contribution in [2.24, 2.45) is 0 Å². The lowest BCUT2D eigenvalue weighted by molar-refractivity contribution is 0.305. The normalized spacial score (nSPS) is 9.44. The highest BCUT2D eigenvalue weighted by Gasteiger charge is 2.11. The number of hydrogen-bond acceptors (Lipinski definition) is 4. The van der Waals surface area contributed by atoms with Gasteiger partial charge in [0.15, 0.2) is 0 Å². The lowest BCUT2D eigenvalue weighted by atomic mass is 9.82. The number of ether oxygens (including phenoxy) is 1. The van der Waals surface area contributed by atoms with Crippen molar-refractivity contribution in [1.82, 2.24) is 4.98 Å². The second-order valence-electron chi connectivity index (χ2n) is 3.60. The van der Waals surface area contributed by atoms with Gasteiger partial charge < -0.3 is 14.8 Å². The van der Waals surface area contributed by atoms with Crippen LogP contribution in [0.2, 0.25) is 0 Å². The maximum absolute atomic E-state index is 8.99. The Bertz CT molecular complexity index is 482. The van der Waals surface area contributed by atoms with Crippen LogP contribution in [0.25, 0.3) is 0 Å². The summed E-state index contributed by atoms with van der Waals surface area (Å²) in [6, 6.07) is 11.3. The molecule has 1 aromatic carbocycles. The molecule has 0 spiro atoms. The molecule has 0 bridgehead atoms. The predicted molar refractivity (Wildman–Crippen MR) is 72.1 cm³/mol. The fourth-order valence-corrected chi connectivity index (χ4v) is 1.40. The minimum Gasteiger partial charge on any atom is -0.487 e. The van der Waals surface area contributed by atoms with Crippen molar-refractivity contribution in [3.8, 4) is 5.75 Å². The third-order valence-corrected chi connectivity index (χ3v) is 2.28. The number of rotatable bonds is 4. The van der Waals surface area contributed by atoms with Gasteiger partial charge in [0, 0.05) is 11.7 Å². The summed E-state index contributed by atoms with van der Waals surface area (Å²) in [5.41, 5.74) is 1.36. The topological polar surface area (TPSA) is 62.6 Å². The highest BCUT2D eigenvalue weighted by Crippen LogP contribution is 2.09. The molecule has 0 aliphatic carbocycles. The number of hydrogen-bond donors (Lipinski definition) is 2. The van der Waals surface area contributed by atoms with Crippen LogP contribution in [0.3, 0.4) is 0 Å². The van der Waals surface area contributed by atoms with Crippen molar-refractivity contribution in [2.45, 2.75) is 6.61 Å². The fraction of sp³-hybridized carbons (Fsp3) is 0.0833.